The first-order chi connectivity index (χ1) is 8.11. The minimum Gasteiger partial charge on any atom is -0.377 e. The number of hydrogen-bond acceptors (Lipinski definition) is 5. The molecule has 0 aliphatic rings. The molecule has 5 heteroatoms. The van der Waals surface area contributed by atoms with E-state index in [1.165, 1.54) is 0 Å². The van der Waals surface area contributed by atoms with Crippen molar-refractivity contribution < 1.29 is 4.74 Å². The van der Waals surface area contributed by atoms with E-state index in [2.05, 4.69) is 27.2 Å². The molecule has 0 amide bonds. The van der Waals surface area contributed by atoms with Crippen LogP contribution in [0.2, 0.25) is 0 Å². The van der Waals surface area contributed by atoms with Crippen LogP contribution in [0.3, 0.4) is 0 Å². The van der Waals surface area contributed by atoms with Crippen LogP contribution in [-0.4, -0.2) is 48.2 Å². The Kier molecular flexibility index (Phi) is 5.86. The zero-order valence-electron chi connectivity index (χ0n) is 11.1. The zero-order valence-corrected chi connectivity index (χ0v) is 11.1. The molecule has 0 unspecified atom stereocenters. The fourth-order valence-electron chi connectivity index (χ4n) is 1.37. The summed E-state index contributed by atoms with van der Waals surface area (Å²) in [5, 5.41) is 2.95. The second-order valence-electron chi connectivity index (χ2n) is 4.30. The third kappa shape index (κ3) is 5.60. The minimum absolute atomic E-state index is 0.290. The molecule has 0 saturated carbocycles. The smallest absolute Gasteiger partial charge is 0.144 e. The van der Waals surface area contributed by atoms with Crippen LogP contribution in [0.4, 0.5) is 5.82 Å². The highest BCUT2D eigenvalue weighted by Crippen LogP contribution is 2.02. The number of rotatable bonds is 7. The molecule has 1 aromatic rings. The van der Waals surface area contributed by atoms with Gasteiger partial charge >= 0.3 is 0 Å². The standard InChI is InChI=1S/C12H22N4O/c1-10(2)17-6-5-16(4)9-11-7-15-12(13-3)8-14-11/h7-8,10H,5-6,9H2,1-4H3,(H,13,15). The SMILES string of the molecule is CNc1cnc(CN(C)CCOC(C)C)cn1. The third-order valence-electron chi connectivity index (χ3n) is 2.32. The van der Waals surface area contributed by atoms with E-state index in [1.807, 2.05) is 20.9 Å². The number of aromatic nitrogens is 2. The highest BCUT2D eigenvalue weighted by Gasteiger charge is 2.03. The van der Waals surface area contributed by atoms with Gasteiger partial charge in [0.2, 0.25) is 0 Å². The van der Waals surface area contributed by atoms with Gasteiger partial charge in [-0.15, -0.1) is 0 Å². The summed E-state index contributed by atoms with van der Waals surface area (Å²) in [6, 6.07) is 0. The van der Waals surface area contributed by atoms with Gasteiger partial charge in [0.1, 0.15) is 5.82 Å². The summed E-state index contributed by atoms with van der Waals surface area (Å²) >= 11 is 0. The van der Waals surface area contributed by atoms with Crippen LogP contribution in [0.1, 0.15) is 19.5 Å². The van der Waals surface area contributed by atoms with E-state index in [4.69, 9.17) is 4.74 Å². The maximum absolute atomic E-state index is 5.50. The second kappa shape index (κ2) is 7.19. The number of ether oxygens (including phenoxy) is 1. The molecule has 0 radical (unpaired) electrons. The van der Waals surface area contributed by atoms with E-state index in [0.29, 0.717) is 0 Å². The Morgan fingerprint density at radius 1 is 1.35 bits per heavy atom. The van der Waals surface area contributed by atoms with Gasteiger partial charge in [-0.05, 0) is 20.9 Å². The van der Waals surface area contributed by atoms with Crippen molar-refractivity contribution in [1.82, 2.24) is 14.9 Å². The summed E-state index contributed by atoms with van der Waals surface area (Å²) < 4.78 is 5.50. The van der Waals surface area contributed by atoms with Crippen LogP contribution >= 0.6 is 0 Å². The molecule has 1 heterocycles. The summed E-state index contributed by atoms with van der Waals surface area (Å²) in [6.45, 7) is 6.52. The average molecular weight is 238 g/mol. The molecular weight excluding hydrogens is 216 g/mol. The molecule has 1 aromatic heterocycles. The first-order valence-electron chi connectivity index (χ1n) is 5.90. The normalized spacial score (nSPS) is 11.2. The number of nitrogens with one attached hydrogen (secondary N) is 1. The minimum atomic E-state index is 0.290. The summed E-state index contributed by atoms with van der Waals surface area (Å²) in [6.07, 6.45) is 3.83. The number of likely N-dealkylation sites (N-methyl/N-ethyl adjacent to an activating group) is 1. The molecule has 0 bridgehead atoms. The number of anilines is 1. The largest absolute Gasteiger partial charge is 0.377 e. The van der Waals surface area contributed by atoms with E-state index >= 15 is 0 Å². The fraction of sp³-hybridized carbons (Fsp3) is 0.667. The lowest BCUT2D eigenvalue weighted by atomic mass is 10.4. The maximum Gasteiger partial charge on any atom is 0.144 e. The molecule has 0 saturated heterocycles. The maximum atomic E-state index is 5.50. The molecule has 0 atom stereocenters. The highest BCUT2D eigenvalue weighted by atomic mass is 16.5. The van der Waals surface area contributed by atoms with Gasteiger partial charge in [0.25, 0.3) is 0 Å². The van der Waals surface area contributed by atoms with Crippen molar-refractivity contribution in [3.05, 3.63) is 18.1 Å². The van der Waals surface area contributed by atoms with Gasteiger partial charge in [-0.2, -0.15) is 0 Å². The fourth-order valence-corrected chi connectivity index (χ4v) is 1.37. The number of nitrogens with zero attached hydrogens (tertiary/aromatic N) is 3. The summed E-state index contributed by atoms with van der Waals surface area (Å²) in [5.41, 5.74) is 0.969. The van der Waals surface area contributed by atoms with Crippen LogP contribution in [0, 0.1) is 0 Å². The Bertz CT molecular complexity index is 313. The Hall–Kier alpha value is -1.20. The molecule has 0 aliphatic carbocycles. The van der Waals surface area contributed by atoms with Crippen LogP contribution in [0.25, 0.3) is 0 Å². The van der Waals surface area contributed by atoms with E-state index in [1.54, 1.807) is 12.4 Å². The van der Waals surface area contributed by atoms with Gasteiger partial charge in [0, 0.05) is 20.1 Å². The lowest BCUT2D eigenvalue weighted by Crippen LogP contribution is -2.24. The van der Waals surface area contributed by atoms with Gasteiger partial charge in [0.05, 0.1) is 30.8 Å². The lowest BCUT2D eigenvalue weighted by molar-refractivity contribution is 0.0625. The van der Waals surface area contributed by atoms with E-state index in [0.717, 1.165) is 31.2 Å². The van der Waals surface area contributed by atoms with E-state index < -0.39 is 0 Å². The molecule has 0 aromatic carbocycles. The van der Waals surface area contributed by atoms with Gasteiger partial charge < -0.3 is 10.1 Å². The van der Waals surface area contributed by atoms with Gasteiger partial charge in [-0.3, -0.25) is 9.88 Å². The van der Waals surface area contributed by atoms with Crippen molar-refractivity contribution in [2.75, 3.05) is 32.6 Å². The first-order valence-corrected chi connectivity index (χ1v) is 5.90. The van der Waals surface area contributed by atoms with Crippen molar-refractivity contribution in [2.45, 2.75) is 26.5 Å². The zero-order chi connectivity index (χ0) is 12.7. The summed E-state index contributed by atoms with van der Waals surface area (Å²) in [7, 11) is 3.89. The number of hydrogen-bond donors (Lipinski definition) is 1. The molecule has 0 aliphatic heterocycles. The van der Waals surface area contributed by atoms with Gasteiger partial charge in [-0.1, -0.05) is 0 Å². The Balaban J connectivity index is 2.31. The van der Waals surface area contributed by atoms with Crippen LogP contribution in [0.5, 0.6) is 0 Å². The van der Waals surface area contributed by atoms with E-state index in [-0.39, 0.29) is 6.10 Å². The van der Waals surface area contributed by atoms with Crippen LogP contribution < -0.4 is 5.32 Å². The van der Waals surface area contributed by atoms with Crippen molar-refractivity contribution >= 4 is 5.82 Å². The molecular formula is C12H22N4O. The third-order valence-corrected chi connectivity index (χ3v) is 2.32. The first kappa shape index (κ1) is 13.9. The highest BCUT2D eigenvalue weighted by molar-refractivity contribution is 5.29. The second-order valence-corrected chi connectivity index (χ2v) is 4.30. The Morgan fingerprint density at radius 3 is 2.65 bits per heavy atom. The predicted octanol–water partition coefficient (Wildman–Crippen LogP) is 1.38. The molecule has 17 heavy (non-hydrogen) atoms. The van der Waals surface area contributed by atoms with Crippen molar-refractivity contribution in [3.8, 4) is 0 Å². The Labute approximate surface area is 103 Å². The van der Waals surface area contributed by atoms with Crippen LogP contribution in [0.15, 0.2) is 12.4 Å². The molecule has 1 N–H and O–H groups in total. The van der Waals surface area contributed by atoms with Gasteiger partial charge in [0.15, 0.2) is 0 Å². The molecule has 0 fully saturated rings. The molecule has 0 spiro atoms. The summed E-state index contributed by atoms with van der Waals surface area (Å²) in [5.74, 6) is 0.791. The van der Waals surface area contributed by atoms with Gasteiger partial charge in [-0.25, -0.2) is 4.98 Å². The quantitative estimate of drug-likeness (QED) is 0.777. The molecule has 5 nitrogen and oxygen atoms in total. The van der Waals surface area contributed by atoms with Crippen LogP contribution in [-0.2, 0) is 11.3 Å². The lowest BCUT2D eigenvalue weighted by Gasteiger charge is -2.17. The molecule has 96 valence electrons. The molecule has 1 rings (SSSR count). The average Bonchev–Trinajstić information content (AvgIpc) is 2.29. The van der Waals surface area contributed by atoms with E-state index in [9.17, 15) is 0 Å². The Morgan fingerprint density at radius 2 is 2.12 bits per heavy atom. The van der Waals surface area contributed by atoms with Crippen molar-refractivity contribution in [1.29, 1.82) is 0 Å². The monoisotopic (exact) mass is 238 g/mol. The van der Waals surface area contributed by atoms with Crippen molar-refractivity contribution in [3.63, 3.8) is 0 Å². The summed E-state index contributed by atoms with van der Waals surface area (Å²) in [4.78, 5) is 10.7. The topological polar surface area (TPSA) is 50.3 Å². The van der Waals surface area contributed by atoms with Crippen molar-refractivity contribution in [2.24, 2.45) is 0 Å². The predicted molar refractivity (Wildman–Crippen MR) is 69.0 cm³/mol.